The predicted molar refractivity (Wildman–Crippen MR) is 76.5 cm³/mol. The molecule has 2 aromatic rings. The first-order valence-corrected chi connectivity index (χ1v) is 7.82. The summed E-state index contributed by atoms with van der Waals surface area (Å²) in [5, 5.41) is 6.45. The van der Waals surface area contributed by atoms with E-state index in [2.05, 4.69) is 37.5 Å². The number of hydrogen-bond donors (Lipinski definition) is 2. The molecule has 1 atom stereocenters. The number of rotatable bonds is 4. The Bertz CT molecular complexity index is 608. The van der Waals surface area contributed by atoms with Crippen LogP contribution in [0.4, 0.5) is 0 Å². The van der Waals surface area contributed by atoms with Gasteiger partial charge in [0, 0.05) is 21.4 Å². The normalized spacial score (nSPS) is 13.4. The van der Waals surface area contributed by atoms with Crippen molar-refractivity contribution >= 4 is 32.6 Å². The molecule has 1 unspecified atom stereocenters. The number of aromatic amines is 1. The largest absolute Gasteiger partial charge is 0.285 e. The molecule has 1 aromatic heterocycles. The fourth-order valence-corrected chi connectivity index (χ4v) is 3.07. The minimum absolute atomic E-state index is 0.262. The molecule has 0 saturated heterocycles. The highest BCUT2D eigenvalue weighted by Gasteiger charge is 2.18. The number of sulfonamides is 1. The van der Waals surface area contributed by atoms with Gasteiger partial charge in [0.25, 0.3) is 0 Å². The lowest BCUT2D eigenvalue weighted by molar-refractivity contribution is 0.567. The quantitative estimate of drug-likeness (QED) is 0.801. The SMILES string of the molecule is CC(NS(=O)(=O)c1ccc(I)cc1)c1cn[nH]c1. The zero-order valence-electron chi connectivity index (χ0n) is 9.59. The van der Waals surface area contributed by atoms with Crippen molar-refractivity contribution in [2.24, 2.45) is 0 Å². The average molecular weight is 377 g/mol. The standard InChI is InChI=1S/C11H12IN3O2S/c1-8(9-6-13-14-7-9)15-18(16,17)11-4-2-10(12)3-5-11/h2-8,15H,1H3,(H,13,14). The van der Waals surface area contributed by atoms with Crippen molar-refractivity contribution in [1.29, 1.82) is 0 Å². The minimum atomic E-state index is -3.50. The van der Waals surface area contributed by atoms with E-state index in [-0.39, 0.29) is 10.9 Å². The zero-order chi connectivity index (χ0) is 13.2. The monoisotopic (exact) mass is 377 g/mol. The Hall–Kier alpha value is -0.930. The van der Waals surface area contributed by atoms with Crippen LogP contribution < -0.4 is 4.72 Å². The molecule has 0 fully saturated rings. The molecule has 0 spiro atoms. The summed E-state index contributed by atoms with van der Waals surface area (Å²) in [6.07, 6.45) is 3.27. The zero-order valence-corrected chi connectivity index (χ0v) is 12.6. The molecule has 96 valence electrons. The summed E-state index contributed by atoms with van der Waals surface area (Å²) < 4.78 is 27.8. The summed E-state index contributed by atoms with van der Waals surface area (Å²) in [4.78, 5) is 0.262. The van der Waals surface area contributed by atoms with E-state index >= 15 is 0 Å². The molecule has 0 aliphatic heterocycles. The van der Waals surface area contributed by atoms with Gasteiger partial charge < -0.3 is 0 Å². The number of benzene rings is 1. The lowest BCUT2D eigenvalue weighted by Gasteiger charge is -2.12. The van der Waals surface area contributed by atoms with E-state index in [0.29, 0.717) is 0 Å². The highest BCUT2D eigenvalue weighted by Crippen LogP contribution is 2.16. The van der Waals surface area contributed by atoms with Crippen LogP contribution in [0.15, 0.2) is 41.6 Å². The molecular weight excluding hydrogens is 365 g/mol. The first-order chi connectivity index (χ1) is 8.49. The Morgan fingerprint density at radius 1 is 1.33 bits per heavy atom. The van der Waals surface area contributed by atoms with Gasteiger partial charge in [0.1, 0.15) is 0 Å². The van der Waals surface area contributed by atoms with Crippen molar-refractivity contribution in [3.05, 3.63) is 45.8 Å². The van der Waals surface area contributed by atoms with Gasteiger partial charge in [0.15, 0.2) is 0 Å². The number of H-pyrrole nitrogens is 1. The van der Waals surface area contributed by atoms with Gasteiger partial charge >= 0.3 is 0 Å². The van der Waals surface area contributed by atoms with Crippen LogP contribution in [0.3, 0.4) is 0 Å². The Kier molecular flexibility index (Phi) is 4.03. The van der Waals surface area contributed by atoms with E-state index in [4.69, 9.17) is 0 Å². The molecule has 5 nitrogen and oxygen atoms in total. The molecule has 18 heavy (non-hydrogen) atoms. The lowest BCUT2D eigenvalue weighted by atomic mass is 10.2. The van der Waals surface area contributed by atoms with Crippen molar-refractivity contribution in [2.45, 2.75) is 17.9 Å². The van der Waals surface area contributed by atoms with Gasteiger partial charge in [-0.3, -0.25) is 5.10 Å². The third-order valence-corrected chi connectivity index (χ3v) is 4.75. The number of hydrogen-bond acceptors (Lipinski definition) is 3. The Labute approximate surface area is 119 Å². The number of nitrogens with zero attached hydrogens (tertiary/aromatic N) is 1. The van der Waals surface area contributed by atoms with E-state index in [0.717, 1.165) is 9.13 Å². The van der Waals surface area contributed by atoms with Crippen molar-refractivity contribution in [3.8, 4) is 0 Å². The molecule has 1 aromatic carbocycles. The second-order valence-electron chi connectivity index (χ2n) is 3.83. The first-order valence-electron chi connectivity index (χ1n) is 5.25. The van der Waals surface area contributed by atoms with Crippen LogP contribution in [0.2, 0.25) is 0 Å². The highest BCUT2D eigenvalue weighted by atomic mass is 127. The average Bonchev–Trinajstić information content (AvgIpc) is 2.82. The summed E-state index contributed by atoms with van der Waals surface area (Å²) in [6.45, 7) is 1.77. The Morgan fingerprint density at radius 2 is 2.00 bits per heavy atom. The van der Waals surface area contributed by atoms with Gasteiger partial charge in [-0.05, 0) is 53.8 Å². The van der Waals surface area contributed by atoms with E-state index < -0.39 is 10.0 Å². The molecule has 0 aliphatic carbocycles. The second-order valence-corrected chi connectivity index (χ2v) is 6.79. The van der Waals surface area contributed by atoms with Gasteiger partial charge in [0.05, 0.1) is 11.1 Å². The van der Waals surface area contributed by atoms with Crippen molar-refractivity contribution < 1.29 is 8.42 Å². The molecule has 2 rings (SSSR count). The Morgan fingerprint density at radius 3 is 2.56 bits per heavy atom. The van der Waals surface area contributed by atoms with Gasteiger partial charge in [-0.25, -0.2) is 13.1 Å². The third kappa shape index (κ3) is 3.09. The van der Waals surface area contributed by atoms with E-state index in [9.17, 15) is 8.42 Å². The fourth-order valence-electron chi connectivity index (χ4n) is 1.48. The van der Waals surface area contributed by atoms with Crippen LogP contribution in [0, 0.1) is 3.57 Å². The molecule has 0 aliphatic rings. The topological polar surface area (TPSA) is 74.8 Å². The second kappa shape index (κ2) is 5.37. The van der Waals surface area contributed by atoms with Crippen LogP contribution in [-0.4, -0.2) is 18.6 Å². The van der Waals surface area contributed by atoms with Gasteiger partial charge in [0.2, 0.25) is 10.0 Å². The number of aromatic nitrogens is 2. The van der Waals surface area contributed by atoms with Crippen LogP contribution in [0.5, 0.6) is 0 Å². The van der Waals surface area contributed by atoms with E-state index in [1.54, 1.807) is 43.6 Å². The highest BCUT2D eigenvalue weighted by molar-refractivity contribution is 14.1. The number of halogens is 1. The molecule has 1 heterocycles. The van der Waals surface area contributed by atoms with Gasteiger partial charge in [-0.1, -0.05) is 0 Å². The maximum atomic E-state index is 12.1. The first kappa shape index (κ1) is 13.5. The Balaban J connectivity index is 2.20. The number of nitrogens with one attached hydrogen (secondary N) is 2. The third-order valence-electron chi connectivity index (χ3n) is 2.48. The van der Waals surface area contributed by atoms with Crippen molar-refractivity contribution in [3.63, 3.8) is 0 Å². The van der Waals surface area contributed by atoms with Gasteiger partial charge in [-0.2, -0.15) is 5.10 Å². The summed E-state index contributed by atoms with van der Waals surface area (Å²) in [6, 6.07) is 6.38. The maximum Gasteiger partial charge on any atom is 0.241 e. The smallest absolute Gasteiger partial charge is 0.241 e. The molecule has 0 saturated carbocycles. The minimum Gasteiger partial charge on any atom is -0.285 e. The van der Waals surface area contributed by atoms with Crippen molar-refractivity contribution in [2.75, 3.05) is 0 Å². The molecule has 0 amide bonds. The van der Waals surface area contributed by atoms with Crippen molar-refractivity contribution in [1.82, 2.24) is 14.9 Å². The molecule has 2 N–H and O–H groups in total. The molecule has 0 radical (unpaired) electrons. The molecule has 0 bridgehead atoms. The fraction of sp³-hybridized carbons (Fsp3) is 0.182. The van der Waals surface area contributed by atoms with Crippen LogP contribution in [0.1, 0.15) is 18.5 Å². The van der Waals surface area contributed by atoms with Gasteiger partial charge in [-0.15, -0.1) is 0 Å². The summed E-state index contributed by atoms with van der Waals surface area (Å²) in [5.74, 6) is 0. The van der Waals surface area contributed by atoms with E-state index in [1.165, 1.54) is 0 Å². The van der Waals surface area contributed by atoms with Crippen LogP contribution in [-0.2, 0) is 10.0 Å². The predicted octanol–water partition coefficient (Wildman–Crippen LogP) is 2.05. The van der Waals surface area contributed by atoms with Crippen LogP contribution >= 0.6 is 22.6 Å². The maximum absolute atomic E-state index is 12.1. The summed E-state index contributed by atoms with van der Waals surface area (Å²) >= 11 is 2.13. The summed E-state index contributed by atoms with van der Waals surface area (Å²) in [5.41, 5.74) is 0.795. The van der Waals surface area contributed by atoms with Crippen LogP contribution in [0.25, 0.3) is 0 Å². The lowest BCUT2D eigenvalue weighted by Crippen LogP contribution is -2.26. The molecule has 7 heteroatoms. The van der Waals surface area contributed by atoms with E-state index in [1.807, 2.05) is 0 Å². The summed E-state index contributed by atoms with van der Waals surface area (Å²) in [7, 11) is -3.50. The molecular formula is C11H12IN3O2S.